The van der Waals surface area contributed by atoms with E-state index in [9.17, 15) is 4.79 Å². The number of nitrogens with two attached hydrogens (primary N) is 1. The van der Waals surface area contributed by atoms with Crippen molar-refractivity contribution in [3.05, 3.63) is 0 Å². The van der Waals surface area contributed by atoms with Gasteiger partial charge in [-0.05, 0) is 25.7 Å². The molecule has 4 N–H and O–H groups in total. The highest BCUT2D eigenvalue weighted by molar-refractivity contribution is 5.91. The lowest BCUT2D eigenvalue weighted by atomic mass is 9.81. The first-order valence-electron chi connectivity index (χ1n) is 7.56. The van der Waals surface area contributed by atoms with E-state index >= 15 is 0 Å². The van der Waals surface area contributed by atoms with Crippen LogP contribution in [0.3, 0.4) is 0 Å². The normalized spacial score (nSPS) is 23.5. The zero-order valence-electron chi connectivity index (χ0n) is 11.7. The molecule has 1 saturated heterocycles. The van der Waals surface area contributed by atoms with Crippen LogP contribution < -0.4 is 11.1 Å². The molecule has 2 fully saturated rings. The lowest BCUT2D eigenvalue weighted by Crippen LogP contribution is -2.60. The summed E-state index contributed by atoms with van der Waals surface area (Å²) >= 11 is 0. The van der Waals surface area contributed by atoms with Gasteiger partial charge in [0, 0.05) is 13.1 Å². The van der Waals surface area contributed by atoms with Crippen LogP contribution in [0.4, 0.5) is 4.79 Å². The van der Waals surface area contributed by atoms with Crippen molar-refractivity contribution in [3.8, 4) is 0 Å². The Bertz CT molecular complexity index is 328. The minimum Gasteiger partial charge on any atom is -0.386 e. The summed E-state index contributed by atoms with van der Waals surface area (Å²) < 4.78 is 0. The second-order valence-corrected chi connectivity index (χ2v) is 5.89. The SMILES string of the molecule is N=C(N)C1(NC(=O)N2CCCCCC2)CCCCC1. The van der Waals surface area contributed by atoms with Crippen LogP contribution in [0.5, 0.6) is 0 Å². The minimum atomic E-state index is -0.582. The molecule has 1 heterocycles. The molecule has 0 aromatic heterocycles. The Morgan fingerprint density at radius 3 is 2.05 bits per heavy atom. The molecule has 0 atom stereocenters. The molecule has 1 aliphatic carbocycles. The predicted octanol–water partition coefficient (Wildman–Crippen LogP) is 2.21. The zero-order chi connectivity index (χ0) is 13.7. The van der Waals surface area contributed by atoms with Crippen LogP contribution in [0, 0.1) is 5.41 Å². The summed E-state index contributed by atoms with van der Waals surface area (Å²) in [4.78, 5) is 14.3. The van der Waals surface area contributed by atoms with Crippen LogP contribution in [-0.2, 0) is 0 Å². The quantitative estimate of drug-likeness (QED) is 0.529. The van der Waals surface area contributed by atoms with Crippen LogP contribution in [0.15, 0.2) is 0 Å². The molecule has 2 rings (SSSR count). The molecule has 2 aliphatic rings. The minimum absolute atomic E-state index is 0.0287. The molecule has 0 radical (unpaired) electrons. The molecule has 5 heteroatoms. The predicted molar refractivity (Wildman–Crippen MR) is 76.3 cm³/mol. The average molecular weight is 266 g/mol. The second-order valence-electron chi connectivity index (χ2n) is 5.89. The van der Waals surface area contributed by atoms with E-state index in [0.717, 1.165) is 51.6 Å². The molecule has 0 spiro atoms. The molecule has 1 aliphatic heterocycles. The third kappa shape index (κ3) is 3.39. The fraction of sp³-hybridized carbons (Fsp3) is 0.857. The van der Waals surface area contributed by atoms with Gasteiger partial charge in [-0.1, -0.05) is 32.1 Å². The summed E-state index contributed by atoms with van der Waals surface area (Å²) in [6.07, 6.45) is 9.46. The van der Waals surface area contributed by atoms with Gasteiger partial charge < -0.3 is 16.0 Å². The summed E-state index contributed by atoms with van der Waals surface area (Å²) in [7, 11) is 0. The highest BCUT2D eigenvalue weighted by Crippen LogP contribution is 2.28. The summed E-state index contributed by atoms with van der Waals surface area (Å²) in [5.41, 5.74) is 5.18. The highest BCUT2D eigenvalue weighted by atomic mass is 16.2. The summed E-state index contributed by atoms with van der Waals surface area (Å²) in [5, 5.41) is 10.9. The van der Waals surface area contributed by atoms with Crippen molar-refractivity contribution in [1.29, 1.82) is 5.41 Å². The maximum Gasteiger partial charge on any atom is 0.318 e. The topological polar surface area (TPSA) is 82.2 Å². The average Bonchev–Trinajstić information content (AvgIpc) is 2.68. The molecular weight excluding hydrogens is 240 g/mol. The van der Waals surface area contributed by atoms with Gasteiger partial charge in [0.2, 0.25) is 0 Å². The van der Waals surface area contributed by atoms with Crippen LogP contribution >= 0.6 is 0 Å². The Kier molecular flexibility index (Phi) is 4.66. The van der Waals surface area contributed by atoms with Crippen molar-refractivity contribution in [2.24, 2.45) is 5.73 Å². The number of nitrogens with one attached hydrogen (secondary N) is 2. The number of carbonyl (C=O) groups excluding carboxylic acids is 1. The van der Waals surface area contributed by atoms with Gasteiger partial charge in [0.15, 0.2) is 0 Å². The first kappa shape index (κ1) is 14.2. The molecule has 19 heavy (non-hydrogen) atoms. The molecule has 108 valence electrons. The lowest BCUT2D eigenvalue weighted by molar-refractivity contribution is 0.184. The van der Waals surface area contributed by atoms with Crippen LogP contribution in [0.25, 0.3) is 0 Å². The second kappa shape index (κ2) is 6.26. The summed E-state index contributed by atoms with van der Waals surface area (Å²) in [6, 6.07) is -0.0287. The number of likely N-dealkylation sites (tertiary alicyclic amines) is 1. The fourth-order valence-corrected chi connectivity index (χ4v) is 3.17. The molecular formula is C14H26N4O. The van der Waals surface area contributed by atoms with Gasteiger partial charge >= 0.3 is 6.03 Å². The Labute approximate surface area is 115 Å². The van der Waals surface area contributed by atoms with E-state index in [1.165, 1.54) is 19.3 Å². The Morgan fingerprint density at radius 2 is 1.53 bits per heavy atom. The standard InChI is InChI=1S/C14H26N4O/c15-12(16)14(8-4-3-5-9-14)17-13(19)18-10-6-1-2-7-11-18/h1-11H2,(H3,15,16)(H,17,19). The van der Waals surface area contributed by atoms with E-state index in [4.69, 9.17) is 11.1 Å². The van der Waals surface area contributed by atoms with Gasteiger partial charge in [-0.15, -0.1) is 0 Å². The maximum atomic E-state index is 12.4. The van der Waals surface area contributed by atoms with Crippen molar-refractivity contribution in [2.45, 2.75) is 63.3 Å². The monoisotopic (exact) mass is 266 g/mol. The molecule has 0 bridgehead atoms. The Balaban J connectivity index is 1.99. The number of hydrogen-bond donors (Lipinski definition) is 3. The van der Waals surface area contributed by atoms with Crippen LogP contribution in [0.2, 0.25) is 0 Å². The van der Waals surface area contributed by atoms with Crippen molar-refractivity contribution >= 4 is 11.9 Å². The number of carbonyl (C=O) groups is 1. The first-order chi connectivity index (χ1) is 9.14. The van der Waals surface area contributed by atoms with Gasteiger partial charge in [-0.25, -0.2) is 4.79 Å². The Morgan fingerprint density at radius 1 is 1.00 bits per heavy atom. The van der Waals surface area contributed by atoms with E-state index in [1.54, 1.807) is 0 Å². The van der Waals surface area contributed by atoms with Crippen molar-refractivity contribution < 1.29 is 4.79 Å². The van der Waals surface area contributed by atoms with E-state index in [0.29, 0.717) is 0 Å². The van der Waals surface area contributed by atoms with Gasteiger partial charge in [0.05, 0.1) is 5.54 Å². The number of urea groups is 1. The molecule has 2 amide bonds. The molecule has 0 aromatic rings. The van der Waals surface area contributed by atoms with Gasteiger partial charge in [0.25, 0.3) is 0 Å². The largest absolute Gasteiger partial charge is 0.386 e. The van der Waals surface area contributed by atoms with Crippen molar-refractivity contribution in [3.63, 3.8) is 0 Å². The van der Waals surface area contributed by atoms with E-state index < -0.39 is 5.54 Å². The first-order valence-corrected chi connectivity index (χ1v) is 7.56. The maximum absolute atomic E-state index is 12.4. The fourth-order valence-electron chi connectivity index (χ4n) is 3.17. The van der Waals surface area contributed by atoms with Gasteiger partial charge in [-0.2, -0.15) is 0 Å². The third-order valence-electron chi connectivity index (χ3n) is 4.46. The van der Waals surface area contributed by atoms with Crippen LogP contribution in [-0.4, -0.2) is 35.4 Å². The highest BCUT2D eigenvalue weighted by Gasteiger charge is 2.37. The van der Waals surface area contributed by atoms with Gasteiger partial charge in [-0.3, -0.25) is 5.41 Å². The van der Waals surface area contributed by atoms with Crippen molar-refractivity contribution in [1.82, 2.24) is 10.2 Å². The number of hydrogen-bond acceptors (Lipinski definition) is 2. The van der Waals surface area contributed by atoms with Crippen molar-refractivity contribution in [2.75, 3.05) is 13.1 Å². The van der Waals surface area contributed by atoms with E-state index in [1.807, 2.05) is 4.90 Å². The molecule has 1 saturated carbocycles. The number of nitrogens with zero attached hydrogens (tertiary/aromatic N) is 1. The Hall–Kier alpha value is -1.26. The smallest absolute Gasteiger partial charge is 0.318 e. The summed E-state index contributed by atoms with van der Waals surface area (Å²) in [6.45, 7) is 1.67. The van der Waals surface area contributed by atoms with Crippen LogP contribution in [0.1, 0.15) is 57.8 Å². The molecule has 5 nitrogen and oxygen atoms in total. The number of amidine groups is 1. The van der Waals surface area contributed by atoms with Gasteiger partial charge in [0.1, 0.15) is 5.84 Å². The van der Waals surface area contributed by atoms with E-state index in [2.05, 4.69) is 5.32 Å². The number of rotatable bonds is 2. The summed E-state index contributed by atoms with van der Waals surface area (Å²) in [5.74, 6) is 0.121. The third-order valence-corrected chi connectivity index (χ3v) is 4.46. The molecule has 0 unspecified atom stereocenters. The van der Waals surface area contributed by atoms with E-state index in [-0.39, 0.29) is 11.9 Å². The zero-order valence-corrected chi connectivity index (χ0v) is 11.7. The lowest BCUT2D eigenvalue weighted by Gasteiger charge is -2.38. The number of amides is 2. The molecule has 0 aromatic carbocycles.